The number of likely N-dealkylation sites (tertiary alicyclic amines) is 1. The van der Waals surface area contributed by atoms with E-state index in [0.717, 1.165) is 62.1 Å². The zero-order chi connectivity index (χ0) is 18.4. The molecule has 0 aromatic rings. The molecule has 0 aromatic carbocycles. The smallest absolute Gasteiger partial charge is 0.250 e. The minimum Gasteiger partial charge on any atom is -0.356 e. The van der Waals surface area contributed by atoms with Gasteiger partial charge in [-0.15, -0.1) is 0 Å². The molecular weight excluding hydrogens is 328 g/mol. The quantitative estimate of drug-likeness (QED) is 0.712. The zero-order valence-corrected chi connectivity index (χ0v) is 15.5. The van der Waals surface area contributed by atoms with E-state index >= 15 is 0 Å². The Labute approximate surface area is 155 Å². The van der Waals surface area contributed by atoms with Crippen LogP contribution in [-0.2, 0) is 9.59 Å². The molecule has 3 aliphatic rings. The van der Waals surface area contributed by atoms with Crippen molar-refractivity contribution >= 4 is 23.2 Å². The van der Waals surface area contributed by atoms with E-state index in [0.29, 0.717) is 19.5 Å². The predicted molar refractivity (Wildman–Crippen MR) is 103 cm³/mol. The van der Waals surface area contributed by atoms with Gasteiger partial charge in [0, 0.05) is 43.1 Å². The summed E-state index contributed by atoms with van der Waals surface area (Å²) < 4.78 is 0. The van der Waals surface area contributed by atoms with Gasteiger partial charge in [-0.2, -0.15) is 10.2 Å². The highest BCUT2D eigenvalue weighted by atomic mass is 16.2. The summed E-state index contributed by atoms with van der Waals surface area (Å²) in [5.41, 5.74) is 3.06. The average molecular weight is 356 g/mol. The van der Waals surface area contributed by atoms with Crippen molar-refractivity contribution in [3.63, 3.8) is 0 Å². The maximum atomic E-state index is 12.5. The van der Waals surface area contributed by atoms with Crippen LogP contribution in [0.4, 0.5) is 0 Å². The highest BCUT2D eigenvalue weighted by Gasteiger charge is 2.29. The number of nitrogens with zero attached hydrogens (tertiary/aromatic N) is 3. The third kappa shape index (κ3) is 4.90. The van der Waals surface area contributed by atoms with Crippen LogP contribution in [0.3, 0.4) is 0 Å². The number of rotatable bonds is 7. The van der Waals surface area contributed by atoms with Gasteiger partial charge >= 0.3 is 0 Å². The van der Waals surface area contributed by atoms with Gasteiger partial charge in [0.1, 0.15) is 0 Å². The molecule has 140 valence electrons. The van der Waals surface area contributed by atoms with Gasteiger partial charge in [-0.1, -0.05) is 18.2 Å². The number of unbranched alkanes of at least 4 members (excludes halogenated alkanes) is 1. The summed E-state index contributed by atoms with van der Waals surface area (Å²) in [6, 6.07) is 0. The Morgan fingerprint density at radius 3 is 2.92 bits per heavy atom. The van der Waals surface area contributed by atoms with Crippen LogP contribution in [0.5, 0.6) is 0 Å². The molecule has 26 heavy (non-hydrogen) atoms. The molecular formula is C20H28N4O2. The van der Waals surface area contributed by atoms with E-state index in [1.165, 1.54) is 0 Å². The highest BCUT2D eigenvalue weighted by Crippen LogP contribution is 2.21. The predicted octanol–water partition coefficient (Wildman–Crippen LogP) is 2.62. The lowest BCUT2D eigenvalue weighted by atomic mass is 9.96. The van der Waals surface area contributed by atoms with E-state index in [4.69, 9.17) is 0 Å². The molecule has 0 saturated carbocycles. The molecule has 6 heteroatoms. The van der Waals surface area contributed by atoms with E-state index in [-0.39, 0.29) is 17.7 Å². The first-order valence-corrected chi connectivity index (χ1v) is 9.65. The molecule has 0 aromatic heterocycles. The molecule has 3 rings (SSSR count). The van der Waals surface area contributed by atoms with Crippen molar-refractivity contribution in [1.82, 2.24) is 10.2 Å². The van der Waals surface area contributed by atoms with E-state index < -0.39 is 0 Å². The number of allylic oxidation sites excluding steroid dienone is 3. The molecule has 1 aliphatic carbocycles. The van der Waals surface area contributed by atoms with Gasteiger partial charge in [-0.3, -0.25) is 9.59 Å². The minimum atomic E-state index is -0.0853. The first kappa shape index (κ1) is 18.5. The van der Waals surface area contributed by atoms with Gasteiger partial charge in [0.2, 0.25) is 11.8 Å². The first-order valence-electron chi connectivity index (χ1n) is 9.65. The summed E-state index contributed by atoms with van der Waals surface area (Å²) in [6.45, 7) is 3.97. The largest absolute Gasteiger partial charge is 0.356 e. The number of hydrogen-bond acceptors (Lipinski definition) is 4. The van der Waals surface area contributed by atoms with Gasteiger partial charge in [0.15, 0.2) is 0 Å². The second-order valence-electron chi connectivity index (χ2n) is 7.34. The number of piperidine rings is 1. The van der Waals surface area contributed by atoms with Crippen LogP contribution in [0.2, 0.25) is 0 Å². The van der Waals surface area contributed by atoms with Crippen molar-refractivity contribution in [2.75, 3.05) is 19.6 Å². The first-order chi connectivity index (χ1) is 12.6. The Balaban J connectivity index is 1.34. The maximum absolute atomic E-state index is 12.5. The fourth-order valence-corrected chi connectivity index (χ4v) is 3.66. The fraction of sp³-hybridized carbons (Fsp3) is 0.600. The number of hydrogen-bond donors (Lipinski definition) is 1. The molecule has 1 saturated heterocycles. The Morgan fingerprint density at radius 2 is 2.19 bits per heavy atom. The van der Waals surface area contributed by atoms with Crippen LogP contribution in [0.15, 0.2) is 34.0 Å². The summed E-state index contributed by atoms with van der Waals surface area (Å²) in [7, 11) is 0. The molecule has 1 fully saturated rings. The van der Waals surface area contributed by atoms with Gasteiger partial charge in [-0.25, -0.2) is 0 Å². The van der Waals surface area contributed by atoms with Gasteiger partial charge < -0.3 is 10.2 Å². The molecule has 2 amide bonds. The second kappa shape index (κ2) is 8.92. The number of nitrogens with one attached hydrogen (secondary N) is 1. The minimum absolute atomic E-state index is 0.0819. The van der Waals surface area contributed by atoms with E-state index in [1.54, 1.807) is 0 Å². The molecule has 0 radical (unpaired) electrons. The summed E-state index contributed by atoms with van der Waals surface area (Å²) in [5, 5.41) is 11.2. The van der Waals surface area contributed by atoms with Crippen LogP contribution < -0.4 is 5.32 Å². The Bertz CT molecular complexity index is 675. The van der Waals surface area contributed by atoms with Crippen LogP contribution in [-0.4, -0.2) is 47.8 Å². The topological polar surface area (TPSA) is 74.1 Å². The van der Waals surface area contributed by atoms with Gasteiger partial charge in [0.25, 0.3) is 0 Å². The van der Waals surface area contributed by atoms with Crippen LogP contribution in [0, 0.1) is 5.92 Å². The lowest BCUT2D eigenvalue weighted by Gasteiger charge is -2.32. The van der Waals surface area contributed by atoms with Crippen molar-refractivity contribution in [3.8, 4) is 0 Å². The standard InChI is InChI=1S/C20H28N4O2/c1-15-13-18(23-22-15)10-4-5-11-21-19(25)17-9-6-12-24(14-17)20(26)16-7-2-3-8-16/h2-3,7,17H,4-6,8-14H2,1H3,(H,21,25). The monoisotopic (exact) mass is 356 g/mol. The van der Waals surface area contributed by atoms with Crippen molar-refractivity contribution in [1.29, 1.82) is 0 Å². The Morgan fingerprint density at radius 1 is 1.31 bits per heavy atom. The zero-order valence-electron chi connectivity index (χ0n) is 15.5. The summed E-state index contributed by atoms with van der Waals surface area (Å²) in [5.74, 6) is 0.0821. The van der Waals surface area contributed by atoms with E-state index in [9.17, 15) is 9.59 Å². The van der Waals surface area contributed by atoms with Crippen molar-refractivity contribution in [2.24, 2.45) is 16.1 Å². The number of carbonyl (C=O) groups excluding carboxylic acids is 2. The third-order valence-electron chi connectivity index (χ3n) is 5.14. The molecule has 0 bridgehead atoms. The van der Waals surface area contributed by atoms with E-state index in [2.05, 4.69) is 15.5 Å². The SMILES string of the molecule is CC1=NN=C(CCCCNC(=O)C2CCCN(C(=O)C3=CC=CC3)C2)C1. The number of amides is 2. The molecule has 6 nitrogen and oxygen atoms in total. The molecule has 1 N–H and O–H groups in total. The molecule has 2 aliphatic heterocycles. The lowest BCUT2D eigenvalue weighted by Crippen LogP contribution is -2.46. The van der Waals surface area contributed by atoms with Crippen LogP contribution >= 0.6 is 0 Å². The summed E-state index contributed by atoms with van der Waals surface area (Å²) >= 11 is 0. The average Bonchev–Trinajstić information content (AvgIpc) is 3.32. The molecule has 1 atom stereocenters. The van der Waals surface area contributed by atoms with Crippen LogP contribution in [0.1, 0.15) is 51.9 Å². The molecule has 0 spiro atoms. The maximum Gasteiger partial charge on any atom is 0.250 e. The Hall–Kier alpha value is -2.24. The van der Waals surface area contributed by atoms with Crippen molar-refractivity contribution < 1.29 is 9.59 Å². The Kier molecular flexibility index (Phi) is 6.36. The lowest BCUT2D eigenvalue weighted by molar-refractivity contribution is -0.132. The second-order valence-corrected chi connectivity index (χ2v) is 7.34. The highest BCUT2D eigenvalue weighted by molar-refractivity contribution is 6.06. The summed E-state index contributed by atoms with van der Waals surface area (Å²) in [6.07, 6.45) is 12.1. The normalized spacial score (nSPS) is 22.1. The van der Waals surface area contributed by atoms with Crippen molar-refractivity contribution in [2.45, 2.75) is 51.9 Å². The summed E-state index contributed by atoms with van der Waals surface area (Å²) in [4.78, 5) is 26.8. The van der Waals surface area contributed by atoms with Crippen LogP contribution in [0.25, 0.3) is 0 Å². The van der Waals surface area contributed by atoms with Crippen molar-refractivity contribution in [3.05, 3.63) is 23.8 Å². The molecule has 1 unspecified atom stereocenters. The van der Waals surface area contributed by atoms with Gasteiger partial charge in [-0.05, 0) is 45.4 Å². The van der Waals surface area contributed by atoms with E-state index in [1.807, 2.05) is 30.1 Å². The number of carbonyl (C=O) groups is 2. The molecule has 2 heterocycles. The van der Waals surface area contributed by atoms with Gasteiger partial charge in [0.05, 0.1) is 5.92 Å². The fourth-order valence-electron chi connectivity index (χ4n) is 3.66. The third-order valence-corrected chi connectivity index (χ3v) is 5.14.